The number of methoxy groups -OCH3 is 1. The molecule has 1 amide bonds. The molecule has 5 heteroatoms. The van der Waals surface area contributed by atoms with E-state index < -0.39 is 11.7 Å². The molecule has 0 spiro atoms. The Balaban J connectivity index is 2.08. The van der Waals surface area contributed by atoms with Crippen molar-refractivity contribution in [2.24, 2.45) is 5.41 Å². The molecule has 1 aliphatic carbocycles. The highest BCUT2D eigenvalue weighted by Gasteiger charge is 2.32. The number of aliphatic hydroxyl groups excluding tert-OH is 1. The van der Waals surface area contributed by atoms with Crippen LogP contribution in [0, 0.1) is 11.2 Å². The quantitative estimate of drug-likeness (QED) is 0.877. The van der Waals surface area contributed by atoms with Crippen LogP contribution in [0.2, 0.25) is 0 Å². The number of carbonyl (C=O) groups excluding carboxylic acids is 1. The Bertz CT molecular complexity index is 498. The first-order valence-electron chi connectivity index (χ1n) is 7.33. The number of benzene rings is 1. The number of amides is 1. The van der Waals surface area contributed by atoms with Crippen molar-refractivity contribution in [1.82, 2.24) is 5.32 Å². The highest BCUT2D eigenvalue weighted by molar-refractivity contribution is 5.97. The molecule has 0 aliphatic heterocycles. The van der Waals surface area contributed by atoms with E-state index in [4.69, 9.17) is 4.74 Å². The standard InChI is InChI=1S/C16H22FNO3/c1-21-13-7-5-6-12(17)14(13)15(20)18-10-16(11-19)8-3-2-4-9-16/h5-7,19H,2-4,8-11H2,1H3,(H,18,20). The van der Waals surface area contributed by atoms with Gasteiger partial charge in [0, 0.05) is 12.0 Å². The van der Waals surface area contributed by atoms with Gasteiger partial charge in [0.2, 0.25) is 0 Å². The monoisotopic (exact) mass is 295 g/mol. The summed E-state index contributed by atoms with van der Waals surface area (Å²) in [6, 6.07) is 4.29. The second-order valence-corrected chi connectivity index (χ2v) is 5.72. The Morgan fingerprint density at radius 3 is 2.71 bits per heavy atom. The molecule has 116 valence electrons. The first kappa shape index (κ1) is 15.8. The fourth-order valence-corrected chi connectivity index (χ4v) is 2.94. The fraction of sp³-hybridized carbons (Fsp3) is 0.562. The van der Waals surface area contributed by atoms with Crippen LogP contribution in [-0.2, 0) is 0 Å². The van der Waals surface area contributed by atoms with Gasteiger partial charge in [0.25, 0.3) is 5.91 Å². The summed E-state index contributed by atoms with van der Waals surface area (Å²) < 4.78 is 18.9. The average Bonchev–Trinajstić information content (AvgIpc) is 2.53. The van der Waals surface area contributed by atoms with Gasteiger partial charge in [0.15, 0.2) is 0 Å². The average molecular weight is 295 g/mol. The van der Waals surface area contributed by atoms with Crippen molar-refractivity contribution in [3.63, 3.8) is 0 Å². The van der Waals surface area contributed by atoms with Crippen molar-refractivity contribution < 1.29 is 19.0 Å². The molecule has 0 radical (unpaired) electrons. The Hall–Kier alpha value is -1.62. The van der Waals surface area contributed by atoms with Gasteiger partial charge in [0.05, 0.1) is 13.7 Å². The SMILES string of the molecule is COc1cccc(F)c1C(=O)NCC1(CO)CCCCC1. The third-order valence-corrected chi connectivity index (χ3v) is 4.30. The normalized spacial score (nSPS) is 17.3. The molecule has 0 saturated heterocycles. The van der Waals surface area contributed by atoms with Crippen molar-refractivity contribution in [3.8, 4) is 5.75 Å². The molecule has 4 nitrogen and oxygen atoms in total. The molecular formula is C16H22FNO3. The molecule has 2 N–H and O–H groups in total. The topological polar surface area (TPSA) is 58.6 Å². The summed E-state index contributed by atoms with van der Waals surface area (Å²) in [5, 5.41) is 12.4. The lowest BCUT2D eigenvalue weighted by Crippen LogP contribution is -2.41. The summed E-state index contributed by atoms with van der Waals surface area (Å²) in [5.74, 6) is -0.883. The number of ether oxygens (including phenoxy) is 1. The Morgan fingerprint density at radius 1 is 1.38 bits per heavy atom. The molecule has 0 unspecified atom stereocenters. The zero-order valence-electron chi connectivity index (χ0n) is 12.3. The van der Waals surface area contributed by atoms with Gasteiger partial charge in [-0.1, -0.05) is 25.3 Å². The number of rotatable bonds is 5. The predicted molar refractivity (Wildman–Crippen MR) is 77.9 cm³/mol. The number of aliphatic hydroxyl groups is 1. The maximum absolute atomic E-state index is 13.8. The molecular weight excluding hydrogens is 273 g/mol. The Labute approximate surface area is 124 Å². The van der Waals surface area contributed by atoms with E-state index in [2.05, 4.69) is 5.32 Å². The van der Waals surface area contributed by atoms with E-state index in [0.29, 0.717) is 6.54 Å². The smallest absolute Gasteiger partial charge is 0.258 e. The molecule has 1 fully saturated rings. The zero-order valence-corrected chi connectivity index (χ0v) is 12.3. The summed E-state index contributed by atoms with van der Waals surface area (Å²) in [6.07, 6.45) is 5.05. The van der Waals surface area contributed by atoms with Gasteiger partial charge >= 0.3 is 0 Å². The van der Waals surface area contributed by atoms with E-state index in [1.165, 1.54) is 19.2 Å². The van der Waals surface area contributed by atoms with E-state index in [1.807, 2.05) is 0 Å². The van der Waals surface area contributed by atoms with Gasteiger partial charge in [-0.3, -0.25) is 4.79 Å². The first-order valence-corrected chi connectivity index (χ1v) is 7.33. The van der Waals surface area contributed by atoms with Crippen LogP contribution in [0.3, 0.4) is 0 Å². The van der Waals surface area contributed by atoms with Crippen LogP contribution in [0.15, 0.2) is 18.2 Å². The summed E-state index contributed by atoms with van der Waals surface area (Å²) in [5.41, 5.74) is -0.351. The third-order valence-electron chi connectivity index (χ3n) is 4.30. The Morgan fingerprint density at radius 2 is 2.10 bits per heavy atom. The molecule has 0 heterocycles. The molecule has 1 saturated carbocycles. The molecule has 0 aromatic heterocycles. The van der Waals surface area contributed by atoms with Crippen LogP contribution in [0.25, 0.3) is 0 Å². The van der Waals surface area contributed by atoms with Crippen LogP contribution in [0.1, 0.15) is 42.5 Å². The maximum atomic E-state index is 13.8. The molecule has 1 aromatic rings. The minimum Gasteiger partial charge on any atom is -0.496 e. The lowest BCUT2D eigenvalue weighted by atomic mass is 9.74. The number of carbonyl (C=O) groups is 1. The minimum atomic E-state index is -0.603. The Kier molecular flexibility index (Phi) is 5.17. The van der Waals surface area contributed by atoms with Crippen LogP contribution < -0.4 is 10.1 Å². The second-order valence-electron chi connectivity index (χ2n) is 5.72. The van der Waals surface area contributed by atoms with Gasteiger partial charge in [0.1, 0.15) is 17.1 Å². The summed E-state index contributed by atoms with van der Waals surface area (Å²) in [4.78, 5) is 12.2. The van der Waals surface area contributed by atoms with Crippen molar-refractivity contribution in [2.45, 2.75) is 32.1 Å². The molecule has 1 aromatic carbocycles. The summed E-state index contributed by atoms with van der Waals surface area (Å²) >= 11 is 0. The first-order chi connectivity index (χ1) is 10.1. The highest BCUT2D eigenvalue weighted by Crippen LogP contribution is 2.35. The maximum Gasteiger partial charge on any atom is 0.258 e. The lowest BCUT2D eigenvalue weighted by Gasteiger charge is -2.35. The van der Waals surface area contributed by atoms with E-state index in [1.54, 1.807) is 6.07 Å². The third kappa shape index (κ3) is 3.53. The van der Waals surface area contributed by atoms with Crippen LogP contribution in [0.5, 0.6) is 5.75 Å². The fourth-order valence-electron chi connectivity index (χ4n) is 2.94. The molecule has 21 heavy (non-hydrogen) atoms. The highest BCUT2D eigenvalue weighted by atomic mass is 19.1. The van der Waals surface area contributed by atoms with Gasteiger partial charge in [-0.2, -0.15) is 0 Å². The number of halogens is 1. The molecule has 2 rings (SSSR count). The second kappa shape index (κ2) is 6.89. The summed E-state index contributed by atoms with van der Waals surface area (Å²) in [7, 11) is 1.40. The van der Waals surface area contributed by atoms with E-state index in [-0.39, 0.29) is 23.3 Å². The molecule has 0 atom stereocenters. The number of hydrogen-bond acceptors (Lipinski definition) is 3. The van der Waals surface area contributed by atoms with E-state index in [0.717, 1.165) is 32.1 Å². The largest absolute Gasteiger partial charge is 0.496 e. The van der Waals surface area contributed by atoms with Crippen LogP contribution in [-0.4, -0.2) is 31.3 Å². The van der Waals surface area contributed by atoms with Gasteiger partial charge in [-0.25, -0.2) is 4.39 Å². The van der Waals surface area contributed by atoms with E-state index in [9.17, 15) is 14.3 Å². The van der Waals surface area contributed by atoms with E-state index >= 15 is 0 Å². The van der Waals surface area contributed by atoms with Gasteiger partial charge < -0.3 is 15.2 Å². The molecule has 0 bridgehead atoms. The number of nitrogens with one attached hydrogen (secondary N) is 1. The van der Waals surface area contributed by atoms with Crippen molar-refractivity contribution in [3.05, 3.63) is 29.6 Å². The minimum absolute atomic E-state index is 0.0433. The summed E-state index contributed by atoms with van der Waals surface area (Å²) in [6.45, 7) is 0.404. The number of hydrogen-bond donors (Lipinski definition) is 2. The van der Waals surface area contributed by atoms with Crippen LogP contribution >= 0.6 is 0 Å². The van der Waals surface area contributed by atoms with Gasteiger partial charge in [-0.15, -0.1) is 0 Å². The van der Waals surface area contributed by atoms with Crippen LogP contribution in [0.4, 0.5) is 4.39 Å². The van der Waals surface area contributed by atoms with Crippen molar-refractivity contribution >= 4 is 5.91 Å². The predicted octanol–water partition coefficient (Wildman–Crippen LogP) is 2.51. The van der Waals surface area contributed by atoms with Gasteiger partial charge in [-0.05, 0) is 25.0 Å². The van der Waals surface area contributed by atoms with Crippen molar-refractivity contribution in [1.29, 1.82) is 0 Å². The zero-order chi connectivity index (χ0) is 15.3. The van der Waals surface area contributed by atoms with Crippen molar-refractivity contribution in [2.75, 3.05) is 20.3 Å². The molecule has 1 aliphatic rings. The lowest BCUT2D eigenvalue weighted by molar-refractivity contribution is 0.0714.